The molecule has 1 saturated carbocycles. The van der Waals surface area contributed by atoms with Gasteiger partial charge in [0.1, 0.15) is 5.41 Å². The van der Waals surface area contributed by atoms with Crippen LogP contribution in [-0.4, -0.2) is 31.5 Å². The first kappa shape index (κ1) is 7.76. The number of hydrogen-bond acceptors (Lipinski definition) is 3. The fourth-order valence-electron chi connectivity index (χ4n) is 2.39. The van der Waals surface area contributed by atoms with Crippen molar-refractivity contribution in [1.29, 1.82) is 0 Å². The van der Waals surface area contributed by atoms with Crippen molar-refractivity contribution in [3.05, 3.63) is 0 Å². The van der Waals surface area contributed by atoms with E-state index in [0.29, 0.717) is 6.54 Å². The third kappa shape index (κ3) is 0.802. The Morgan fingerprint density at radius 2 is 1.92 bits per heavy atom. The fraction of sp³-hybridized carbons (Fsp3) is 0.889. The molecule has 0 radical (unpaired) electrons. The molecule has 0 atom stereocenters. The SMILES string of the molecule is O=C1NCC2(OCCCO2)C12CC2. The van der Waals surface area contributed by atoms with Crippen molar-refractivity contribution >= 4 is 5.91 Å². The maximum Gasteiger partial charge on any atom is 0.231 e. The second-order valence-electron chi connectivity index (χ2n) is 4.07. The zero-order valence-corrected chi connectivity index (χ0v) is 7.47. The Kier molecular flexibility index (Phi) is 1.34. The molecule has 3 rings (SSSR count). The Bertz CT molecular complexity index is 254. The van der Waals surface area contributed by atoms with Gasteiger partial charge < -0.3 is 14.8 Å². The first-order chi connectivity index (χ1) is 6.29. The molecule has 72 valence electrons. The van der Waals surface area contributed by atoms with Gasteiger partial charge in [-0.05, 0) is 19.3 Å². The molecule has 2 spiro atoms. The van der Waals surface area contributed by atoms with E-state index in [1.807, 2.05) is 0 Å². The quantitative estimate of drug-likeness (QED) is 0.576. The van der Waals surface area contributed by atoms with Gasteiger partial charge in [0.2, 0.25) is 5.91 Å². The zero-order chi connectivity index (χ0) is 8.94. The highest BCUT2D eigenvalue weighted by molar-refractivity contribution is 5.89. The summed E-state index contributed by atoms with van der Waals surface area (Å²) in [6.45, 7) is 1.97. The summed E-state index contributed by atoms with van der Waals surface area (Å²) < 4.78 is 11.3. The van der Waals surface area contributed by atoms with E-state index in [1.54, 1.807) is 0 Å². The van der Waals surface area contributed by atoms with Gasteiger partial charge in [-0.15, -0.1) is 0 Å². The highest BCUT2D eigenvalue weighted by Gasteiger charge is 2.70. The normalized spacial score (nSPS) is 33.7. The van der Waals surface area contributed by atoms with Gasteiger partial charge in [-0.25, -0.2) is 0 Å². The standard InChI is InChI=1S/C9H13NO3/c11-7-8(2-3-8)9(6-10-7)12-4-1-5-13-9/h1-6H2,(H,10,11). The van der Waals surface area contributed by atoms with Crippen molar-refractivity contribution in [2.45, 2.75) is 25.0 Å². The van der Waals surface area contributed by atoms with Gasteiger partial charge >= 0.3 is 0 Å². The van der Waals surface area contributed by atoms with E-state index in [9.17, 15) is 4.79 Å². The lowest BCUT2D eigenvalue weighted by molar-refractivity contribution is -0.280. The Morgan fingerprint density at radius 3 is 2.54 bits per heavy atom. The highest BCUT2D eigenvalue weighted by Crippen LogP contribution is 2.59. The second kappa shape index (κ2) is 2.25. The van der Waals surface area contributed by atoms with Crippen LogP contribution in [-0.2, 0) is 14.3 Å². The Labute approximate surface area is 76.6 Å². The molecule has 2 saturated heterocycles. The van der Waals surface area contributed by atoms with Crippen LogP contribution in [0.5, 0.6) is 0 Å². The average molecular weight is 183 g/mol. The lowest BCUT2D eigenvalue weighted by atomic mass is 9.97. The maximum atomic E-state index is 11.6. The molecule has 3 aliphatic rings. The molecule has 0 aromatic heterocycles. The third-order valence-electron chi connectivity index (χ3n) is 3.35. The minimum Gasteiger partial charge on any atom is -0.350 e. The summed E-state index contributed by atoms with van der Waals surface area (Å²) in [5.74, 6) is -0.489. The lowest BCUT2D eigenvalue weighted by Gasteiger charge is -2.36. The Balaban J connectivity index is 1.93. The molecule has 3 fully saturated rings. The minimum absolute atomic E-state index is 0.120. The van der Waals surface area contributed by atoms with Gasteiger partial charge in [0.25, 0.3) is 0 Å². The summed E-state index contributed by atoms with van der Waals surface area (Å²) in [4.78, 5) is 11.6. The van der Waals surface area contributed by atoms with Crippen LogP contribution in [0, 0.1) is 5.41 Å². The summed E-state index contributed by atoms with van der Waals surface area (Å²) in [6, 6.07) is 0. The molecule has 1 aliphatic carbocycles. The molecular formula is C9H13NO3. The van der Waals surface area contributed by atoms with Gasteiger partial charge in [0.05, 0.1) is 19.8 Å². The third-order valence-corrected chi connectivity index (χ3v) is 3.35. The zero-order valence-electron chi connectivity index (χ0n) is 7.47. The second-order valence-corrected chi connectivity index (χ2v) is 4.07. The van der Waals surface area contributed by atoms with Gasteiger partial charge in [0.15, 0.2) is 5.79 Å². The van der Waals surface area contributed by atoms with Crippen molar-refractivity contribution in [1.82, 2.24) is 5.32 Å². The summed E-state index contributed by atoms with van der Waals surface area (Å²) in [7, 11) is 0. The first-order valence-corrected chi connectivity index (χ1v) is 4.85. The van der Waals surface area contributed by atoms with Crippen molar-refractivity contribution in [3.8, 4) is 0 Å². The highest BCUT2D eigenvalue weighted by atomic mass is 16.7. The molecule has 4 heteroatoms. The molecule has 13 heavy (non-hydrogen) atoms. The molecule has 2 aliphatic heterocycles. The number of nitrogens with one attached hydrogen (secondary N) is 1. The van der Waals surface area contributed by atoms with Crippen LogP contribution in [0.15, 0.2) is 0 Å². The van der Waals surface area contributed by atoms with E-state index in [4.69, 9.17) is 9.47 Å². The molecule has 1 N–H and O–H groups in total. The summed E-state index contributed by atoms with van der Waals surface area (Å²) >= 11 is 0. The van der Waals surface area contributed by atoms with Crippen molar-refractivity contribution in [2.75, 3.05) is 19.8 Å². The number of fused-ring (bicyclic) bond motifs is 1. The lowest BCUT2D eigenvalue weighted by Crippen LogP contribution is -2.49. The van der Waals surface area contributed by atoms with Crippen LogP contribution in [0.2, 0.25) is 0 Å². The molecule has 0 bridgehead atoms. The molecule has 1 amide bonds. The van der Waals surface area contributed by atoms with E-state index in [1.165, 1.54) is 0 Å². The molecule has 0 unspecified atom stereocenters. The van der Waals surface area contributed by atoms with Crippen LogP contribution in [0.4, 0.5) is 0 Å². The number of ether oxygens (including phenoxy) is 2. The molecule has 2 heterocycles. The van der Waals surface area contributed by atoms with Crippen molar-refractivity contribution < 1.29 is 14.3 Å². The van der Waals surface area contributed by atoms with Crippen LogP contribution in [0.3, 0.4) is 0 Å². The number of carbonyl (C=O) groups excluding carboxylic acids is 1. The Morgan fingerprint density at radius 1 is 1.23 bits per heavy atom. The van der Waals surface area contributed by atoms with E-state index in [-0.39, 0.29) is 11.3 Å². The molecule has 0 aromatic carbocycles. The largest absolute Gasteiger partial charge is 0.350 e. The van der Waals surface area contributed by atoms with Gasteiger partial charge in [-0.1, -0.05) is 0 Å². The summed E-state index contributed by atoms with van der Waals surface area (Å²) in [5.41, 5.74) is -0.326. The first-order valence-electron chi connectivity index (χ1n) is 4.85. The van der Waals surface area contributed by atoms with Crippen LogP contribution >= 0.6 is 0 Å². The number of amides is 1. The van der Waals surface area contributed by atoms with E-state index in [2.05, 4.69) is 5.32 Å². The molecular weight excluding hydrogens is 170 g/mol. The van der Waals surface area contributed by atoms with Gasteiger partial charge in [-0.3, -0.25) is 4.79 Å². The van der Waals surface area contributed by atoms with Crippen LogP contribution in [0.25, 0.3) is 0 Å². The maximum absolute atomic E-state index is 11.6. The number of carbonyl (C=O) groups is 1. The van der Waals surface area contributed by atoms with Crippen LogP contribution in [0.1, 0.15) is 19.3 Å². The predicted octanol–water partition coefficient (Wildman–Crippen LogP) is 0.0296. The van der Waals surface area contributed by atoms with Gasteiger partial charge in [-0.2, -0.15) is 0 Å². The predicted molar refractivity (Wildman–Crippen MR) is 43.9 cm³/mol. The van der Waals surface area contributed by atoms with Gasteiger partial charge in [0, 0.05) is 0 Å². The monoisotopic (exact) mass is 183 g/mol. The smallest absolute Gasteiger partial charge is 0.231 e. The average Bonchev–Trinajstić information content (AvgIpc) is 2.93. The fourth-order valence-corrected chi connectivity index (χ4v) is 2.39. The van der Waals surface area contributed by atoms with E-state index in [0.717, 1.165) is 32.5 Å². The van der Waals surface area contributed by atoms with E-state index >= 15 is 0 Å². The molecule has 4 nitrogen and oxygen atoms in total. The topological polar surface area (TPSA) is 47.6 Å². The Hall–Kier alpha value is -0.610. The summed E-state index contributed by atoms with van der Waals surface area (Å²) in [6.07, 6.45) is 2.77. The molecule has 0 aromatic rings. The van der Waals surface area contributed by atoms with Crippen molar-refractivity contribution in [2.24, 2.45) is 5.41 Å². The van der Waals surface area contributed by atoms with E-state index < -0.39 is 5.79 Å². The number of rotatable bonds is 0. The summed E-state index contributed by atoms with van der Waals surface area (Å²) in [5, 5.41) is 2.84. The van der Waals surface area contributed by atoms with Crippen molar-refractivity contribution in [3.63, 3.8) is 0 Å². The minimum atomic E-state index is -0.609. The number of hydrogen-bond donors (Lipinski definition) is 1. The van der Waals surface area contributed by atoms with Crippen LogP contribution < -0.4 is 5.32 Å².